The van der Waals surface area contributed by atoms with E-state index >= 15 is 0 Å². The molecule has 0 bridgehead atoms. The average Bonchev–Trinajstić information content (AvgIpc) is 2.79. The summed E-state index contributed by atoms with van der Waals surface area (Å²) >= 11 is 3.57. The summed E-state index contributed by atoms with van der Waals surface area (Å²) in [7, 11) is 0. The molecule has 17 heavy (non-hydrogen) atoms. The first-order chi connectivity index (χ1) is 8.27. The molecule has 0 aliphatic heterocycles. The Labute approximate surface area is 114 Å². The van der Waals surface area contributed by atoms with E-state index in [1.54, 1.807) is 0 Å². The van der Waals surface area contributed by atoms with Crippen LogP contribution >= 0.6 is 15.9 Å². The Kier molecular flexibility index (Phi) is 7.91. The summed E-state index contributed by atoms with van der Waals surface area (Å²) in [5, 5.41) is 4.19. The SMILES string of the molecule is CCCCCCC(=O)NCC1CCCC1CBr. The monoisotopic (exact) mass is 303 g/mol. The lowest BCUT2D eigenvalue weighted by Crippen LogP contribution is -2.31. The van der Waals surface area contributed by atoms with Crippen LogP contribution in [0, 0.1) is 11.8 Å². The predicted molar refractivity (Wildman–Crippen MR) is 76.4 cm³/mol. The highest BCUT2D eigenvalue weighted by molar-refractivity contribution is 9.09. The molecule has 0 heterocycles. The van der Waals surface area contributed by atoms with Crippen molar-refractivity contribution in [2.24, 2.45) is 11.8 Å². The largest absolute Gasteiger partial charge is 0.356 e. The zero-order valence-corrected chi connectivity index (χ0v) is 12.6. The zero-order valence-electron chi connectivity index (χ0n) is 11.0. The molecule has 1 amide bonds. The molecule has 0 saturated heterocycles. The van der Waals surface area contributed by atoms with E-state index in [1.807, 2.05) is 0 Å². The fraction of sp³-hybridized carbons (Fsp3) is 0.929. The number of carbonyl (C=O) groups excluding carboxylic acids is 1. The lowest BCUT2D eigenvalue weighted by molar-refractivity contribution is -0.121. The van der Waals surface area contributed by atoms with Gasteiger partial charge in [0.25, 0.3) is 0 Å². The van der Waals surface area contributed by atoms with Crippen molar-refractivity contribution >= 4 is 21.8 Å². The van der Waals surface area contributed by atoms with E-state index < -0.39 is 0 Å². The molecule has 2 atom stereocenters. The lowest BCUT2D eigenvalue weighted by Gasteiger charge is -2.17. The Hall–Kier alpha value is -0.0500. The molecule has 0 aromatic heterocycles. The summed E-state index contributed by atoms with van der Waals surface area (Å²) in [4.78, 5) is 11.6. The maximum absolute atomic E-state index is 11.6. The normalized spacial score (nSPS) is 23.9. The Bertz CT molecular complexity index is 220. The Morgan fingerprint density at radius 2 is 2.00 bits per heavy atom. The molecule has 0 radical (unpaired) electrons. The average molecular weight is 304 g/mol. The van der Waals surface area contributed by atoms with E-state index in [2.05, 4.69) is 28.2 Å². The standard InChI is InChI=1S/C14H26BrNO/c1-2-3-4-5-9-14(17)16-11-13-8-6-7-12(13)10-15/h12-13H,2-11H2,1H3,(H,16,17). The number of halogens is 1. The Balaban J connectivity index is 2.06. The van der Waals surface area contributed by atoms with Crippen LogP contribution in [-0.2, 0) is 4.79 Å². The summed E-state index contributed by atoms with van der Waals surface area (Å²) < 4.78 is 0. The van der Waals surface area contributed by atoms with Crippen LogP contribution in [0.5, 0.6) is 0 Å². The number of rotatable bonds is 8. The number of alkyl halides is 1. The molecule has 0 aromatic rings. The summed E-state index contributed by atoms with van der Waals surface area (Å²) in [6.45, 7) is 3.09. The van der Waals surface area contributed by atoms with Gasteiger partial charge in [-0.1, -0.05) is 48.5 Å². The van der Waals surface area contributed by atoms with E-state index in [0.717, 1.165) is 24.2 Å². The van der Waals surface area contributed by atoms with Gasteiger partial charge in [-0.15, -0.1) is 0 Å². The smallest absolute Gasteiger partial charge is 0.220 e. The molecule has 100 valence electrons. The minimum atomic E-state index is 0.251. The fourth-order valence-electron chi connectivity index (χ4n) is 2.63. The van der Waals surface area contributed by atoms with E-state index in [1.165, 1.54) is 38.5 Å². The summed E-state index contributed by atoms with van der Waals surface area (Å²) in [5.74, 6) is 1.73. The van der Waals surface area contributed by atoms with Crippen molar-refractivity contribution < 1.29 is 4.79 Å². The molecule has 1 N–H and O–H groups in total. The molecule has 1 fully saturated rings. The van der Waals surface area contributed by atoms with E-state index in [4.69, 9.17) is 0 Å². The quantitative estimate of drug-likeness (QED) is 0.535. The zero-order chi connectivity index (χ0) is 12.5. The first kappa shape index (κ1) is 15.0. The Morgan fingerprint density at radius 3 is 2.71 bits per heavy atom. The van der Waals surface area contributed by atoms with Gasteiger partial charge in [0.05, 0.1) is 0 Å². The lowest BCUT2D eigenvalue weighted by atomic mass is 9.98. The first-order valence-electron chi connectivity index (χ1n) is 7.10. The molecule has 2 unspecified atom stereocenters. The van der Waals surface area contributed by atoms with E-state index in [0.29, 0.717) is 12.3 Å². The highest BCUT2D eigenvalue weighted by atomic mass is 79.9. The van der Waals surface area contributed by atoms with Gasteiger partial charge in [0, 0.05) is 18.3 Å². The van der Waals surface area contributed by atoms with Crippen LogP contribution < -0.4 is 5.32 Å². The number of hydrogen-bond acceptors (Lipinski definition) is 1. The highest BCUT2D eigenvalue weighted by Gasteiger charge is 2.26. The number of hydrogen-bond donors (Lipinski definition) is 1. The number of nitrogens with one attached hydrogen (secondary N) is 1. The van der Waals surface area contributed by atoms with E-state index in [-0.39, 0.29) is 5.91 Å². The van der Waals surface area contributed by atoms with Gasteiger partial charge in [0.1, 0.15) is 0 Å². The number of unbranched alkanes of at least 4 members (excludes halogenated alkanes) is 3. The van der Waals surface area contributed by atoms with Crippen LogP contribution in [0.4, 0.5) is 0 Å². The van der Waals surface area contributed by atoms with Gasteiger partial charge in [-0.25, -0.2) is 0 Å². The second kappa shape index (κ2) is 8.96. The maximum atomic E-state index is 11.6. The summed E-state index contributed by atoms with van der Waals surface area (Å²) in [6, 6.07) is 0. The van der Waals surface area contributed by atoms with Crippen LogP contribution in [-0.4, -0.2) is 17.8 Å². The van der Waals surface area contributed by atoms with Crippen LogP contribution in [0.15, 0.2) is 0 Å². The second-order valence-electron chi connectivity index (χ2n) is 5.22. The van der Waals surface area contributed by atoms with E-state index in [9.17, 15) is 4.79 Å². The van der Waals surface area contributed by atoms with Crippen molar-refractivity contribution in [3.63, 3.8) is 0 Å². The van der Waals surface area contributed by atoms with Crippen molar-refractivity contribution in [2.75, 3.05) is 11.9 Å². The molecular formula is C14H26BrNO. The molecule has 0 spiro atoms. The molecule has 0 aromatic carbocycles. The van der Waals surface area contributed by atoms with Crippen molar-refractivity contribution in [1.29, 1.82) is 0 Å². The van der Waals surface area contributed by atoms with Crippen LogP contribution in [0.3, 0.4) is 0 Å². The molecule has 2 nitrogen and oxygen atoms in total. The molecule has 1 rings (SSSR count). The molecule has 3 heteroatoms. The van der Waals surface area contributed by atoms with Crippen molar-refractivity contribution in [2.45, 2.75) is 58.3 Å². The molecule has 1 saturated carbocycles. The van der Waals surface area contributed by atoms with Gasteiger partial charge < -0.3 is 5.32 Å². The van der Waals surface area contributed by atoms with Crippen molar-refractivity contribution in [1.82, 2.24) is 5.32 Å². The van der Waals surface area contributed by atoms with Gasteiger partial charge in [-0.05, 0) is 31.1 Å². The third-order valence-corrected chi connectivity index (χ3v) is 4.67. The molecule has 1 aliphatic rings. The van der Waals surface area contributed by atoms with Crippen molar-refractivity contribution in [3.8, 4) is 0 Å². The Morgan fingerprint density at radius 1 is 1.24 bits per heavy atom. The summed E-state index contributed by atoms with van der Waals surface area (Å²) in [5.41, 5.74) is 0. The first-order valence-corrected chi connectivity index (χ1v) is 8.22. The fourth-order valence-corrected chi connectivity index (χ4v) is 3.48. The second-order valence-corrected chi connectivity index (χ2v) is 5.87. The minimum absolute atomic E-state index is 0.251. The van der Waals surface area contributed by atoms with Crippen LogP contribution in [0.2, 0.25) is 0 Å². The van der Waals surface area contributed by atoms with Gasteiger partial charge in [0.15, 0.2) is 0 Å². The third-order valence-electron chi connectivity index (χ3n) is 3.83. The van der Waals surface area contributed by atoms with Gasteiger partial charge in [-0.2, -0.15) is 0 Å². The minimum Gasteiger partial charge on any atom is -0.356 e. The molecular weight excluding hydrogens is 278 g/mol. The van der Waals surface area contributed by atoms with Gasteiger partial charge >= 0.3 is 0 Å². The third kappa shape index (κ3) is 5.89. The topological polar surface area (TPSA) is 29.1 Å². The number of carbonyl (C=O) groups is 1. The summed E-state index contributed by atoms with van der Waals surface area (Å²) in [6.07, 6.45) is 9.37. The predicted octanol–water partition coefficient (Wildman–Crippen LogP) is 3.88. The number of amides is 1. The molecule has 1 aliphatic carbocycles. The highest BCUT2D eigenvalue weighted by Crippen LogP contribution is 2.32. The maximum Gasteiger partial charge on any atom is 0.220 e. The van der Waals surface area contributed by atoms with Gasteiger partial charge in [0.2, 0.25) is 5.91 Å². The van der Waals surface area contributed by atoms with Crippen LogP contribution in [0.1, 0.15) is 58.3 Å². The van der Waals surface area contributed by atoms with Gasteiger partial charge in [-0.3, -0.25) is 4.79 Å². The van der Waals surface area contributed by atoms with Crippen LogP contribution in [0.25, 0.3) is 0 Å². The van der Waals surface area contributed by atoms with Crippen molar-refractivity contribution in [3.05, 3.63) is 0 Å².